The molecule has 2 aliphatic heterocycles. The molecule has 134 valence electrons. The summed E-state index contributed by atoms with van der Waals surface area (Å²) < 4.78 is 0. The molecule has 0 bridgehead atoms. The van der Waals surface area contributed by atoms with Crippen LogP contribution in [0.1, 0.15) is 18.9 Å². The van der Waals surface area contributed by atoms with Crippen molar-refractivity contribution < 1.29 is 20.1 Å². The number of amides is 1. The highest BCUT2D eigenvalue weighted by Gasteiger charge is 2.28. The molecule has 0 spiro atoms. The molecule has 0 aromatic heterocycles. The van der Waals surface area contributed by atoms with E-state index in [-0.39, 0.29) is 29.1 Å². The van der Waals surface area contributed by atoms with Gasteiger partial charge in [-0.25, -0.2) is 0 Å². The molecule has 2 aliphatic rings. The van der Waals surface area contributed by atoms with Crippen molar-refractivity contribution in [3.63, 3.8) is 0 Å². The van der Waals surface area contributed by atoms with Gasteiger partial charge in [0.15, 0.2) is 0 Å². The Morgan fingerprint density at radius 2 is 1.92 bits per heavy atom. The molecule has 4 rings (SSSR count). The number of phenolic OH excluding ortho intramolecular Hbond substituents is 1. The van der Waals surface area contributed by atoms with Crippen LogP contribution in [-0.2, 0) is 4.79 Å². The van der Waals surface area contributed by atoms with Crippen molar-refractivity contribution in [3.8, 4) is 16.9 Å². The summed E-state index contributed by atoms with van der Waals surface area (Å²) >= 11 is 0. The van der Waals surface area contributed by atoms with Gasteiger partial charge in [-0.3, -0.25) is 4.79 Å². The minimum atomic E-state index is -0.375. The summed E-state index contributed by atoms with van der Waals surface area (Å²) in [5.74, 6) is -0.370. The van der Waals surface area contributed by atoms with E-state index in [2.05, 4.69) is 10.2 Å². The standard InChI is InChI=1S/C20H20N2O4/c1-11(23)19-16-8-15(18(25)9-17(16)21-20(19)26)12-2-4-13(5-3-12)22-7-6-14(24)10-22/h2-5,8-9,14,23-25H,6-7,10H2,1H3,(H,21,26)/b19-11+/t14-/m1/s1. The van der Waals surface area contributed by atoms with Gasteiger partial charge in [0.05, 0.1) is 17.4 Å². The summed E-state index contributed by atoms with van der Waals surface area (Å²) in [6.07, 6.45) is 0.483. The average Bonchev–Trinajstić information content (AvgIpc) is 3.16. The van der Waals surface area contributed by atoms with Crippen molar-refractivity contribution >= 4 is 22.9 Å². The van der Waals surface area contributed by atoms with E-state index in [4.69, 9.17) is 0 Å². The van der Waals surface area contributed by atoms with Crippen LogP contribution in [-0.4, -0.2) is 40.4 Å². The van der Waals surface area contributed by atoms with Crippen molar-refractivity contribution in [3.05, 3.63) is 47.7 Å². The number of hydrogen-bond acceptors (Lipinski definition) is 5. The molecule has 1 amide bonds. The van der Waals surface area contributed by atoms with Crippen LogP contribution in [0.3, 0.4) is 0 Å². The number of carbonyl (C=O) groups excluding carboxylic acids is 1. The second-order valence-electron chi connectivity index (χ2n) is 6.76. The highest BCUT2D eigenvalue weighted by Crippen LogP contribution is 2.41. The largest absolute Gasteiger partial charge is 0.512 e. The molecule has 1 saturated heterocycles. The first-order valence-corrected chi connectivity index (χ1v) is 8.56. The third-order valence-corrected chi connectivity index (χ3v) is 4.95. The first-order chi connectivity index (χ1) is 12.4. The summed E-state index contributed by atoms with van der Waals surface area (Å²) in [4.78, 5) is 14.1. The first kappa shape index (κ1) is 16.5. The van der Waals surface area contributed by atoms with Crippen LogP contribution < -0.4 is 10.2 Å². The van der Waals surface area contributed by atoms with E-state index in [0.717, 1.165) is 24.2 Å². The number of aliphatic hydroxyl groups is 2. The molecule has 1 atom stereocenters. The zero-order valence-electron chi connectivity index (χ0n) is 14.4. The Morgan fingerprint density at radius 1 is 1.19 bits per heavy atom. The fourth-order valence-corrected chi connectivity index (χ4v) is 3.62. The van der Waals surface area contributed by atoms with Crippen molar-refractivity contribution in [2.45, 2.75) is 19.4 Å². The molecule has 0 unspecified atom stereocenters. The lowest BCUT2D eigenvalue weighted by Crippen LogP contribution is -2.20. The van der Waals surface area contributed by atoms with Crippen LogP contribution in [0.2, 0.25) is 0 Å². The zero-order chi connectivity index (χ0) is 18.4. The van der Waals surface area contributed by atoms with Crippen LogP contribution >= 0.6 is 0 Å². The Hall–Kier alpha value is -2.99. The van der Waals surface area contributed by atoms with Gasteiger partial charge in [0.1, 0.15) is 11.5 Å². The molecule has 2 heterocycles. The summed E-state index contributed by atoms with van der Waals surface area (Å²) in [6.45, 7) is 2.92. The fourth-order valence-electron chi connectivity index (χ4n) is 3.62. The predicted octanol–water partition coefficient (Wildman–Crippen LogP) is 2.87. The molecule has 2 aromatic carbocycles. The molecule has 26 heavy (non-hydrogen) atoms. The van der Waals surface area contributed by atoms with E-state index in [9.17, 15) is 20.1 Å². The Morgan fingerprint density at radius 3 is 2.54 bits per heavy atom. The van der Waals surface area contributed by atoms with E-state index in [1.54, 1.807) is 6.07 Å². The van der Waals surface area contributed by atoms with Crippen LogP contribution in [0, 0.1) is 0 Å². The SMILES string of the molecule is C/C(O)=C1\C(=O)Nc2cc(O)c(-c3ccc(N4CC[C@@H](O)C4)cc3)cc21. The number of hydrogen-bond donors (Lipinski definition) is 4. The number of rotatable bonds is 2. The third kappa shape index (κ3) is 2.68. The maximum absolute atomic E-state index is 12.0. The molecule has 2 aromatic rings. The fraction of sp³-hybridized carbons (Fsp3) is 0.250. The number of phenols is 1. The Bertz CT molecular complexity index is 914. The van der Waals surface area contributed by atoms with Crippen molar-refractivity contribution in [2.75, 3.05) is 23.3 Å². The van der Waals surface area contributed by atoms with E-state index < -0.39 is 0 Å². The summed E-state index contributed by atoms with van der Waals surface area (Å²) in [6, 6.07) is 10.9. The van der Waals surface area contributed by atoms with Crippen molar-refractivity contribution in [2.24, 2.45) is 0 Å². The minimum Gasteiger partial charge on any atom is -0.512 e. The van der Waals surface area contributed by atoms with Gasteiger partial charge < -0.3 is 25.5 Å². The average molecular weight is 352 g/mol. The van der Waals surface area contributed by atoms with E-state index in [1.807, 2.05) is 24.3 Å². The van der Waals surface area contributed by atoms with Gasteiger partial charge in [0.25, 0.3) is 5.91 Å². The lowest BCUT2D eigenvalue weighted by Gasteiger charge is -2.18. The normalized spacial score (nSPS) is 20.9. The molecule has 6 nitrogen and oxygen atoms in total. The number of benzene rings is 2. The Kier molecular flexibility index (Phi) is 3.85. The number of allylic oxidation sites excluding steroid dienone is 1. The third-order valence-electron chi connectivity index (χ3n) is 4.95. The molecule has 0 aliphatic carbocycles. The number of carbonyl (C=O) groups is 1. The maximum atomic E-state index is 12.0. The number of anilines is 2. The molecule has 0 saturated carbocycles. The van der Waals surface area contributed by atoms with E-state index >= 15 is 0 Å². The number of nitrogens with one attached hydrogen (secondary N) is 1. The lowest BCUT2D eigenvalue weighted by atomic mass is 9.97. The maximum Gasteiger partial charge on any atom is 0.259 e. The second-order valence-corrected chi connectivity index (χ2v) is 6.76. The molecular formula is C20H20N2O4. The highest BCUT2D eigenvalue weighted by molar-refractivity contribution is 6.32. The van der Waals surface area contributed by atoms with Gasteiger partial charge >= 0.3 is 0 Å². The molecule has 6 heteroatoms. The highest BCUT2D eigenvalue weighted by atomic mass is 16.3. The summed E-state index contributed by atoms with van der Waals surface area (Å²) in [5, 5.41) is 32.5. The first-order valence-electron chi connectivity index (χ1n) is 8.56. The number of aromatic hydroxyl groups is 1. The zero-order valence-corrected chi connectivity index (χ0v) is 14.4. The van der Waals surface area contributed by atoms with Gasteiger partial charge in [-0.05, 0) is 37.1 Å². The summed E-state index contributed by atoms with van der Waals surface area (Å²) in [7, 11) is 0. The smallest absolute Gasteiger partial charge is 0.259 e. The monoisotopic (exact) mass is 352 g/mol. The van der Waals surface area contributed by atoms with Crippen LogP contribution in [0.5, 0.6) is 5.75 Å². The van der Waals surface area contributed by atoms with Crippen molar-refractivity contribution in [1.29, 1.82) is 0 Å². The predicted molar refractivity (Wildman–Crippen MR) is 100 cm³/mol. The van der Waals surface area contributed by atoms with E-state index in [1.165, 1.54) is 13.0 Å². The van der Waals surface area contributed by atoms with E-state index in [0.29, 0.717) is 23.4 Å². The minimum absolute atomic E-state index is 0.0548. The van der Waals surface area contributed by atoms with Gasteiger partial charge in [-0.1, -0.05) is 12.1 Å². The molecule has 0 radical (unpaired) electrons. The second kappa shape index (κ2) is 6.07. The topological polar surface area (TPSA) is 93.0 Å². The number of fused-ring (bicyclic) bond motifs is 1. The molecule has 4 N–H and O–H groups in total. The quantitative estimate of drug-likeness (QED) is 0.493. The van der Waals surface area contributed by atoms with Crippen LogP contribution in [0.25, 0.3) is 16.7 Å². The number of aliphatic hydroxyl groups excluding tert-OH is 2. The van der Waals surface area contributed by atoms with Crippen molar-refractivity contribution in [1.82, 2.24) is 0 Å². The molecule has 1 fully saturated rings. The van der Waals surface area contributed by atoms with Gasteiger partial charge in [0.2, 0.25) is 0 Å². The Labute approximate surface area is 151 Å². The van der Waals surface area contributed by atoms with Crippen LogP contribution in [0.15, 0.2) is 42.2 Å². The lowest BCUT2D eigenvalue weighted by molar-refractivity contribution is -0.110. The van der Waals surface area contributed by atoms with Gasteiger partial charge in [-0.15, -0.1) is 0 Å². The Balaban J connectivity index is 1.71. The molecular weight excluding hydrogens is 332 g/mol. The summed E-state index contributed by atoms with van der Waals surface area (Å²) in [5.41, 5.74) is 3.71. The van der Waals surface area contributed by atoms with Gasteiger partial charge in [-0.2, -0.15) is 0 Å². The number of nitrogens with zero attached hydrogens (tertiary/aromatic N) is 1. The number of β-amino-alcohol motifs (C(OH)–C–C–N with tert-alkyl or cyclic N) is 1. The van der Waals surface area contributed by atoms with Gasteiger partial charge in [0, 0.05) is 36.0 Å². The van der Waals surface area contributed by atoms with Crippen LogP contribution in [0.4, 0.5) is 11.4 Å².